The summed E-state index contributed by atoms with van der Waals surface area (Å²) < 4.78 is 15.9. The number of methoxy groups -OCH3 is 3. The lowest BCUT2D eigenvalue weighted by molar-refractivity contribution is -0.384. The van der Waals surface area contributed by atoms with E-state index < -0.39 is 11.0 Å². The number of hydrogen-bond donors (Lipinski definition) is 1. The Labute approximate surface area is 190 Å². The van der Waals surface area contributed by atoms with E-state index in [4.69, 9.17) is 14.2 Å². The Morgan fingerprint density at radius 3 is 2.45 bits per heavy atom. The Morgan fingerprint density at radius 1 is 1.09 bits per heavy atom. The van der Waals surface area contributed by atoms with E-state index in [1.54, 1.807) is 50.5 Å². The highest BCUT2D eigenvalue weighted by atomic mass is 16.6. The summed E-state index contributed by atoms with van der Waals surface area (Å²) in [4.78, 5) is 25.7. The van der Waals surface area contributed by atoms with Crippen molar-refractivity contribution in [3.63, 3.8) is 0 Å². The number of nitrogens with one attached hydrogen (secondary N) is 1. The lowest BCUT2D eigenvalue weighted by Gasteiger charge is -2.26. The van der Waals surface area contributed by atoms with Crippen LogP contribution in [-0.2, 0) is 4.74 Å². The molecule has 0 aliphatic carbocycles. The molecule has 172 valence electrons. The molecule has 2 heterocycles. The van der Waals surface area contributed by atoms with Crippen LogP contribution in [0.3, 0.4) is 0 Å². The first-order chi connectivity index (χ1) is 16.0. The van der Waals surface area contributed by atoms with Crippen LogP contribution >= 0.6 is 0 Å². The first kappa shape index (κ1) is 22.3. The quantitative estimate of drug-likeness (QED) is 0.299. The molecule has 1 aromatic heterocycles. The van der Waals surface area contributed by atoms with Crippen molar-refractivity contribution in [2.45, 2.75) is 12.5 Å². The molecule has 0 saturated carbocycles. The third-order valence-electron chi connectivity index (χ3n) is 5.69. The molecule has 2 aromatic carbocycles. The van der Waals surface area contributed by atoms with Gasteiger partial charge in [-0.3, -0.25) is 20.0 Å². The smallest absolute Gasteiger partial charge is 0.273 e. The van der Waals surface area contributed by atoms with Crippen molar-refractivity contribution in [2.24, 2.45) is 0 Å². The molecule has 4 rings (SSSR count). The van der Waals surface area contributed by atoms with E-state index in [1.807, 2.05) is 6.07 Å². The molecule has 1 aliphatic rings. The molecule has 33 heavy (non-hydrogen) atoms. The van der Waals surface area contributed by atoms with Crippen LogP contribution in [0.25, 0.3) is 11.3 Å². The topological polar surface area (TPSA) is 120 Å². The van der Waals surface area contributed by atoms with E-state index in [-0.39, 0.29) is 11.6 Å². The number of aromatic amines is 1. The van der Waals surface area contributed by atoms with Crippen LogP contribution in [-0.4, -0.2) is 60.4 Å². The number of non-ortho nitro benzene ring substituents is 1. The second-order valence-corrected chi connectivity index (χ2v) is 7.53. The molecule has 1 atom stereocenters. The predicted molar refractivity (Wildman–Crippen MR) is 120 cm³/mol. The SMILES string of the molecule is COCCCN1C(=O)c2[nH]nc(-c3ccc(OC)c(OC)c3)c2C1c1ccc([N+](=O)[O-])cc1. The Hall–Kier alpha value is -3.92. The predicted octanol–water partition coefficient (Wildman–Crippen LogP) is 3.58. The zero-order valence-corrected chi connectivity index (χ0v) is 18.5. The summed E-state index contributed by atoms with van der Waals surface area (Å²) in [5.74, 6) is 0.946. The molecule has 0 bridgehead atoms. The summed E-state index contributed by atoms with van der Waals surface area (Å²) in [6, 6.07) is 11.2. The minimum absolute atomic E-state index is 0.0125. The number of H-pyrrole nitrogens is 1. The van der Waals surface area contributed by atoms with Gasteiger partial charge in [0, 0.05) is 43.5 Å². The van der Waals surface area contributed by atoms with Gasteiger partial charge in [-0.05, 0) is 42.3 Å². The van der Waals surface area contributed by atoms with Crippen LogP contribution in [0.15, 0.2) is 42.5 Å². The Morgan fingerprint density at radius 2 is 1.82 bits per heavy atom. The molecule has 0 saturated heterocycles. The number of carbonyl (C=O) groups is 1. The fourth-order valence-corrected chi connectivity index (χ4v) is 4.13. The van der Waals surface area contributed by atoms with Gasteiger partial charge in [-0.2, -0.15) is 5.10 Å². The number of nitro groups is 1. The van der Waals surface area contributed by atoms with Gasteiger partial charge in [-0.15, -0.1) is 0 Å². The van der Waals surface area contributed by atoms with Crippen LogP contribution in [0.5, 0.6) is 11.5 Å². The summed E-state index contributed by atoms with van der Waals surface area (Å²) in [5.41, 5.74) is 3.23. The van der Waals surface area contributed by atoms with E-state index in [0.717, 1.165) is 16.7 Å². The molecule has 3 aromatic rings. The molecule has 1 aliphatic heterocycles. The molecule has 0 radical (unpaired) electrons. The number of rotatable bonds is 9. The molecule has 1 unspecified atom stereocenters. The third-order valence-corrected chi connectivity index (χ3v) is 5.69. The standard InChI is InChI=1S/C23H24N4O6/c1-31-12-4-11-26-22(14-5-8-16(9-6-14)27(29)30)19-20(24-25-21(19)23(26)28)15-7-10-17(32-2)18(13-15)33-3/h5-10,13,22H,4,11-12H2,1-3H3,(H,24,25). The highest BCUT2D eigenvalue weighted by Gasteiger charge is 2.42. The molecule has 1 N–H and O–H groups in total. The van der Waals surface area contributed by atoms with E-state index >= 15 is 0 Å². The van der Waals surface area contributed by atoms with Crippen molar-refractivity contribution in [2.75, 3.05) is 34.5 Å². The summed E-state index contributed by atoms with van der Waals surface area (Å²) in [6.07, 6.45) is 0.648. The number of nitro benzene ring substituents is 1. The van der Waals surface area contributed by atoms with Gasteiger partial charge in [-0.25, -0.2) is 0 Å². The number of aromatic nitrogens is 2. The molecule has 10 nitrogen and oxygen atoms in total. The van der Waals surface area contributed by atoms with E-state index in [9.17, 15) is 14.9 Å². The average molecular weight is 452 g/mol. The number of nitrogens with zero attached hydrogens (tertiary/aromatic N) is 3. The minimum Gasteiger partial charge on any atom is -0.493 e. The molecule has 0 fully saturated rings. The Kier molecular flexibility index (Phi) is 6.27. The minimum atomic E-state index is -0.452. The maximum atomic E-state index is 13.3. The Bertz CT molecular complexity index is 1170. The largest absolute Gasteiger partial charge is 0.493 e. The van der Waals surface area contributed by atoms with Gasteiger partial charge in [-0.1, -0.05) is 0 Å². The van der Waals surface area contributed by atoms with Gasteiger partial charge in [0.05, 0.1) is 30.9 Å². The third kappa shape index (κ3) is 4.00. The second-order valence-electron chi connectivity index (χ2n) is 7.53. The normalized spacial score (nSPS) is 14.9. The van der Waals surface area contributed by atoms with Crippen LogP contribution < -0.4 is 9.47 Å². The van der Waals surface area contributed by atoms with E-state index in [0.29, 0.717) is 42.5 Å². The average Bonchev–Trinajstić information content (AvgIpc) is 3.38. The highest BCUT2D eigenvalue weighted by Crippen LogP contribution is 2.44. The summed E-state index contributed by atoms with van der Waals surface area (Å²) in [7, 11) is 4.73. The van der Waals surface area contributed by atoms with Gasteiger partial charge in [0.25, 0.3) is 11.6 Å². The fourth-order valence-electron chi connectivity index (χ4n) is 4.13. The van der Waals surface area contributed by atoms with Gasteiger partial charge in [0.1, 0.15) is 5.69 Å². The van der Waals surface area contributed by atoms with Crippen molar-refractivity contribution in [1.82, 2.24) is 15.1 Å². The molecule has 10 heteroatoms. The fraction of sp³-hybridized carbons (Fsp3) is 0.304. The van der Waals surface area contributed by atoms with Crippen molar-refractivity contribution in [3.05, 3.63) is 69.4 Å². The van der Waals surface area contributed by atoms with Crippen LogP contribution in [0.4, 0.5) is 5.69 Å². The number of amides is 1. The van der Waals surface area contributed by atoms with Gasteiger partial charge < -0.3 is 19.1 Å². The van der Waals surface area contributed by atoms with Gasteiger partial charge in [0.2, 0.25) is 0 Å². The first-order valence-electron chi connectivity index (χ1n) is 10.3. The lowest BCUT2D eigenvalue weighted by Crippen LogP contribution is -2.31. The first-order valence-corrected chi connectivity index (χ1v) is 10.3. The zero-order chi connectivity index (χ0) is 23.5. The maximum absolute atomic E-state index is 13.3. The summed E-state index contributed by atoms with van der Waals surface area (Å²) in [6.45, 7) is 0.966. The van der Waals surface area contributed by atoms with Gasteiger partial charge in [0.15, 0.2) is 11.5 Å². The van der Waals surface area contributed by atoms with Crippen molar-refractivity contribution in [1.29, 1.82) is 0 Å². The number of fused-ring (bicyclic) bond motifs is 1. The van der Waals surface area contributed by atoms with Crippen molar-refractivity contribution in [3.8, 4) is 22.8 Å². The second kappa shape index (κ2) is 9.29. The van der Waals surface area contributed by atoms with Crippen molar-refractivity contribution >= 4 is 11.6 Å². The monoisotopic (exact) mass is 452 g/mol. The van der Waals surface area contributed by atoms with Gasteiger partial charge >= 0.3 is 0 Å². The number of hydrogen-bond acceptors (Lipinski definition) is 7. The molecular formula is C23H24N4O6. The van der Waals surface area contributed by atoms with E-state index in [2.05, 4.69) is 10.2 Å². The number of benzene rings is 2. The maximum Gasteiger partial charge on any atom is 0.273 e. The number of ether oxygens (including phenoxy) is 3. The highest BCUT2D eigenvalue weighted by molar-refractivity contribution is 6.00. The van der Waals surface area contributed by atoms with Crippen LogP contribution in [0, 0.1) is 10.1 Å². The lowest BCUT2D eigenvalue weighted by atomic mass is 9.95. The van der Waals surface area contributed by atoms with Crippen molar-refractivity contribution < 1.29 is 23.9 Å². The summed E-state index contributed by atoms with van der Waals surface area (Å²) >= 11 is 0. The molecular weight excluding hydrogens is 428 g/mol. The molecule has 1 amide bonds. The Balaban J connectivity index is 1.82. The number of carbonyl (C=O) groups excluding carboxylic acids is 1. The zero-order valence-electron chi connectivity index (χ0n) is 18.5. The van der Waals surface area contributed by atoms with E-state index in [1.165, 1.54) is 12.1 Å². The summed E-state index contributed by atoms with van der Waals surface area (Å²) in [5, 5.41) is 18.5. The van der Waals surface area contributed by atoms with Crippen LogP contribution in [0.1, 0.15) is 34.1 Å². The van der Waals surface area contributed by atoms with Crippen LogP contribution in [0.2, 0.25) is 0 Å². The molecule has 0 spiro atoms.